The zero-order chi connectivity index (χ0) is 10.9. The van der Waals surface area contributed by atoms with Crippen LogP contribution >= 0.6 is 0 Å². The molecule has 3 heteroatoms. The van der Waals surface area contributed by atoms with Crippen LogP contribution in [0.1, 0.15) is 57.8 Å². The van der Waals surface area contributed by atoms with Gasteiger partial charge in [0.25, 0.3) is 0 Å². The molecule has 0 spiro atoms. The van der Waals surface area contributed by atoms with Crippen molar-refractivity contribution >= 4 is 5.71 Å². The number of hydrogen-bond acceptors (Lipinski definition) is 3. The Morgan fingerprint density at radius 1 is 1.07 bits per heavy atom. The molecule has 0 radical (unpaired) electrons. The van der Waals surface area contributed by atoms with E-state index < -0.39 is 0 Å². The third-order valence-electron chi connectivity index (χ3n) is 3.18. The van der Waals surface area contributed by atoms with Gasteiger partial charge in [-0.05, 0) is 19.3 Å². The second-order valence-corrected chi connectivity index (χ2v) is 4.33. The third kappa shape index (κ3) is 4.65. The molecule has 0 amide bonds. The van der Waals surface area contributed by atoms with E-state index in [2.05, 4.69) is 5.16 Å². The highest BCUT2D eigenvalue weighted by Crippen LogP contribution is 2.17. The minimum Gasteiger partial charge on any atom is -0.411 e. The molecule has 1 unspecified atom stereocenters. The molecule has 1 aliphatic carbocycles. The van der Waals surface area contributed by atoms with Gasteiger partial charge in [-0.15, -0.1) is 0 Å². The molecule has 1 N–H and O–H groups in total. The zero-order valence-electron chi connectivity index (χ0n) is 9.74. The molecule has 1 saturated carbocycles. The highest BCUT2D eigenvalue weighted by Gasteiger charge is 2.16. The maximum absolute atomic E-state index is 8.95. The standard InChI is InChI=1S/C12H23NO2/c1-15-12-10-8-6-4-2-3-5-7-9-11(12)13-14/h12,14H,2-10H2,1H3/b13-11+. The fraction of sp³-hybridized carbons (Fsp3) is 0.917. The maximum atomic E-state index is 8.95. The second kappa shape index (κ2) is 7.69. The SMILES string of the molecule is COC1CCCCCCCCC/C1=N\O. The van der Waals surface area contributed by atoms with E-state index in [1.807, 2.05) is 0 Å². The van der Waals surface area contributed by atoms with Gasteiger partial charge in [-0.25, -0.2) is 0 Å². The van der Waals surface area contributed by atoms with Crippen LogP contribution in [-0.4, -0.2) is 24.1 Å². The predicted molar refractivity (Wildman–Crippen MR) is 61.6 cm³/mol. The lowest BCUT2D eigenvalue weighted by Gasteiger charge is -2.15. The molecule has 1 atom stereocenters. The van der Waals surface area contributed by atoms with E-state index in [1.54, 1.807) is 7.11 Å². The van der Waals surface area contributed by atoms with Crippen LogP contribution in [-0.2, 0) is 4.74 Å². The van der Waals surface area contributed by atoms with Gasteiger partial charge >= 0.3 is 0 Å². The summed E-state index contributed by atoms with van der Waals surface area (Å²) < 4.78 is 5.38. The van der Waals surface area contributed by atoms with Crippen molar-refractivity contribution in [2.45, 2.75) is 63.9 Å². The van der Waals surface area contributed by atoms with Crippen LogP contribution < -0.4 is 0 Å². The summed E-state index contributed by atoms with van der Waals surface area (Å²) >= 11 is 0. The Morgan fingerprint density at radius 3 is 2.27 bits per heavy atom. The van der Waals surface area contributed by atoms with Gasteiger partial charge in [-0.1, -0.05) is 43.7 Å². The molecule has 3 nitrogen and oxygen atoms in total. The maximum Gasteiger partial charge on any atom is 0.0985 e. The second-order valence-electron chi connectivity index (χ2n) is 4.33. The molecular formula is C12H23NO2. The first kappa shape index (κ1) is 12.5. The van der Waals surface area contributed by atoms with Gasteiger partial charge in [0.1, 0.15) is 0 Å². The van der Waals surface area contributed by atoms with Gasteiger partial charge in [0.15, 0.2) is 0 Å². The summed E-state index contributed by atoms with van der Waals surface area (Å²) in [6.07, 6.45) is 10.7. The molecule has 15 heavy (non-hydrogen) atoms. The van der Waals surface area contributed by atoms with Crippen LogP contribution in [0.15, 0.2) is 5.16 Å². The van der Waals surface area contributed by atoms with Gasteiger partial charge in [0, 0.05) is 7.11 Å². The predicted octanol–water partition coefficient (Wildman–Crippen LogP) is 3.36. The lowest BCUT2D eigenvalue weighted by atomic mass is 10.0. The minimum atomic E-state index is 0.0353. The molecule has 1 fully saturated rings. The van der Waals surface area contributed by atoms with E-state index in [9.17, 15) is 0 Å². The molecular weight excluding hydrogens is 190 g/mol. The van der Waals surface area contributed by atoms with Crippen molar-refractivity contribution < 1.29 is 9.94 Å². The fourth-order valence-electron chi connectivity index (χ4n) is 2.22. The Bertz CT molecular complexity index is 192. The number of ether oxygens (including phenoxy) is 1. The van der Waals surface area contributed by atoms with Crippen molar-refractivity contribution in [1.82, 2.24) is 0 Å². The Morgan fingerprint density at radius 2 is 1.67 bits per heavy atom. The summed E-state index contributed by atoms with van der Waals surface area (Å²) in [5, 5.41) is 12.3. The van der Waals surface area contributed by atoms with Crippen LogP contribution in [0.3, 0.4) is 0 Å². The molecule has 1 rings (SSSR count). The van der Waals surface area contributed by atoms with Crippen LogP contribution in [0, 0.1) is 0 Å². The van der Waals surface area contributed by atoms with Crippen molar-refractivity contribution in [3.05, 3.63) is 0 Å². The van der Waals surface area contributed by atoms with E-state index in [-0.39, 0.29) is 6.10 Å². The van der Waals surface area contributed by atoms with Crippen LogP contribution in [0.25, 0.3) is 0 Å². The van der Waals surface area contributed by atoms with Gasteiger partial charge in [0.2, 0.25) is 0 Å². The van der Waals surface area contributed by atoms with Crippen LogP contribution in [0.5, 0.6) is 0 Å². The average molecular weight is 213 g/mol. The van der Waals surface area contributed by atoms with Gasteiger partial charge in [-0.2, -0.15) is 0 Å². The van der Waals surface area contributed by atoms with E-state index in [1.165, 1.54) is 38.5 Å². The summed E-state index contributed by atoms with van der Waals surface area (Å²) in [4.78, 5) is 0. The summed E-state index contributed by atoms with van der Waals surface area (Å²) in [5.74, 6) is 0. The van der Waals surface area contributed by atoms with E-state index >= 15 is 0 Å². The molecule has 0 aromatic carbocycles. The topological polar surface area (TPSA) is 41.8 Å². The average Bonchev–Trinajstić information content (AvgIpc) is 2.32. The zero-order valence-corrected chi connectivity index (χ0v) is 9.74. The molecule has 0 saturated heterocycles. The number of hydrogen-bond donors (Lipinski definition) is 1. The van der Waals surface area contributed by atoms with Crippen molar-refractivity contribution in [1.29, 1.82) is 0 Å². The Hall–Kier alpha value is -0.570. The van der Waals surface area contributed by atoms with E-state index in [0.717, 1.165) is 25.0 Å². The highest BCUT2D eigenvalue weighted by molar-refractivity contribution is 5.88. The summed E-state index contributed by atoms with van der Waals surface area (Å²) in [5.41, 5.74) is 0.833. The molecule has 0 bridgehead atoms. The van der Waals surface area contributed by atoms with Crippen molar-refractivity contribution in [2.24, 2.45) is 5.16 Å². The monoisotopic (exact) mass is 213 g/mol. The molecule has 0 aromatic rings. The van der Waals surface area contributed by atoms with Crippen LogP contribution in [0.2, 0.25) is 0 Å². The fourth-order valence-corrected chi connectivity index (χ4v) is 2.22. The van der Waals surface area contributed by atoms with Gasteiger partial charge < -0.3 is 9.94 Å². The normalized spacial score (nSPS) is 28.6. The number of methoxy groups -OCH3 is 1. The number of nitrogens with zero attached hydrogens (tertiary/aromatic N) is 1. The Balaban J connectivity index is 2.49. The Kier molecular flexibility index (Phi) is 6.41. The van der Waals surface area contributed by atoms with Gasteiger partial charge in [0.05, 0.1) is 11.8 Å². The first-order valence-corrected chi connectivity index (χ1v) is 6.12. The molecule has 0 aliphatic heterocycles. The highest BCUT2D eigenvalue weighted by atomic mass is 16.5. The smallest absolute Gasteiger partial charge is 0.0985 e. The van der Waals surface area contributed by atoms with Crippen molar-refractivity contribution in [2.75, 3.05) is 7.11 Å². The van der Waals surface area contributed by atoms with Crippen LogP contribution in [0.4, 0.5) is 0 Å². The molecule has 1 aliphatic rings. The Labute approximate surface area is 92.5 Å². The summed E-state index contributed by atoms with van der Waals surface area (Å²) in [6.45, 7) is 0. The number of oxime groups is 1. The number of rotatable bonds is 1. The largest absolute Gasteiger partial charge is 0.411 e. The quantitative estimate of drug-likeness (QED) is 0.536. The summed E-state index contributed by atoms with van der Waals surface area (Å²) in [7, 11) is 1.70. The lowest BCUT2D eigenvalue weighted by Crippen LogP contribution is -2.23. The molecule has 88 valence electrons. The summed E-state index contributed by atoms with van der Waals surface area (Å²) in [6, 6.07) is 0. The molecule has 0 heterocycles. The van der Waals surface area contributed by atoms with Crippen molar-refractivity contribution in [3.63, 3.8) is 0 Å². The van der Waals surface area contributed by atoms with E-state index in [0.29, 0.717) is 0 Å². The minimum absolute atomic E-state index is 0.0353. The van der Waals surface area contributed by atoms with Crippen molar-refractivity contribution in [3.8, 4) is 0 Å². The van der Waals surface area contributed by atoms with E-state index in [4.69, 9.17) is 9.94 Å². The van der Waals surface area contributed by atoms with Gasteiger partial charge in [-0.3, -0.25) is 0 Å². The first-order chi connectivity index (χ1) is 7.38. The third-order valence-corrected chi connectivity index (χ3v) is 3.18. The lowest BCUT2D eigenvalue weighted by molar-refractivity contribution is 0.139. The molecule has 0 aromatic heterocycles. The first-order valence-electron chi connectivity index (χ1n) is 6.12.